The molecule has 2 aromatic rings. The van der Waals surface area contributed by atoms with Crippen molar-refractivity contribution in [1.29, 1.82) is 0 Å². The Morgan fingerprint density at radius 2 is 1.77 bits per heavy atom. The van der Waals surface area contributed by atoms with Gasteiger partial charge in [-0.2, -0.15) is 0 Å². The molecule has 0 N–H and O–H groups in total. The standard InChI is InChI=1S/C20H24N2O3S/c1-21(16-17-8-3-2-4-9-17)20(23)13-15-26(24,25)22-14-7-11-18-10-5-6-12-19(18)22/h2-6,8-10,12H,7,11,13-16H2,1H3. The molecule has 0 atom stereocenters. The molecule has 0 radical (unpaired) electrons. The highest BCUT2D eigenvalue weighted by atomic mass is 32.2. The summed E-state index contributed by atoms with van der Waals surface area (Å²) >= 11 is 0. The second-order valence-corrected chi connectivity index (χ2v) is 8.62. The number of nitrogens with zero attached hydrogens (tertiary/aromatic N) is 2. The number of para-hydroxylation sites is 1. The average Bonchev–Trinajstić information content (AvgIpc) is 2.66. The number of carbonyl (C=O) groups excluding carboxylic acids is 1. The molecule has 1 aliphatic heterocycles. The molecule has 2 aromatic carbocycles. The molecule has 3 rings (SSSR count). The number of hydrogen-bond acceptors (Lipinski definition) is 3. The highest BCUT2D eigenvalue weighted by Gasteiger charge is 2.28. The molecule has 26 heavy (non-hydrogen) atoms. The summed E-state index contributed by atoms with van der Waals surface area (Å²) in [6, 6.07) is 17.3. The van der Waals surface area contributed by atoms with Gasteiger partial charge in [0.1, 0.15) is 0 Å². The van der Waals surface area contributed by atoms with Gasteiger partial charge < -0.3 is 4.90 Å². The van der Waals surface area contributed by atoms with E-state index < -0.39 is 10.0 Å². The molecule has 0 aliphatic carbocycles. The minimum absolute atomic E-state index is 0.00959. The summed E-state index contributed by atoms with van der Waals surface area (Å²) in [7, 11) is -1.81. The van der Waals surface area contributed by atoms with Crippen molar-refractivity contribution in [3.05, 3.63) is 65.7 Å². The van der Waals surface area contributed by atoms with Crippen molar-refractivity contribution in [2.75, 3.05) is 23.7 Å². The number of amides is 1. The molecule has 1 aliphatic rings. The molecule has 138 valence electrons. The quantitative estimate of drug-likeness (QED) is 0.783. The zero-order valence-corrected chi connectivity index (χ0v) is 15.8. The van der Waals surface area contributed by atoms with Gasteiger partial charge in [-0.1, -0.05) is 48.5 Å². The smallest absolute Gasteiger partial charge is 0.235 e. The van der Waals surface area contributed by atoms with Crippen LogP contribution in [0.1, 0.15) is 24.0 Å². The molecule has 0 bridgehead atoms. The van der Waals surface area contributed by atoms with Crippen LogP contribution in [0.15, 0.2) is 54.6 Å². The van der Waals surface area contributed by atoms with Crippen LogP contribution in [-0.4, -0.2) is 38.6 Å². The van der Waals surface area contributed by atoms with Crippen LogP contribution in [0.3, 0.4) is 0 Å². The molecule has 0 spiro atoms. The summed E-state index contributed by atoms with van der Waals surface area (Å²) in [5, 5.41) is 0. The second kappa shape index (κ2) is 7.91. The molecule has 1 amide bonds. The number of rotatable bonds is 6. The zero-order valence-electron chi connectivity index (χ0n) is 15.0. The maximum atomic E-state index is 12.8. The zero-order chi connectivity index (χ0) is 18.6. The first-order valence-electron chi connectivity index (χ1n) is 8.83. The van der Waals surface area contributed by atoms with Crippen LogP contribution in [0.5, 0.6) is 0 Å². The fraction of sp³-hybridized carbons (Fsp3) is 0.350. The SMILES string of the molecule is CN(Cc1ccccc1)C(=O)CCS(=O)(=O)N1CCCc2ccccc21. The van der Waals surface area contributed by atoms with E-state index in [1.54, 1.807) is 11.9 Å². The van der Waals surface area contributed by atoms with E-state index >= 15 is 0 Å². The maximum Gasteiger partial charge on any atom is 0.235 e. The topological polar surface area (TPSA) is 57.7 Å². The molecule has 1 heterocycles. The molecule has 0 fully saturated rings. The summed E-state index contributed by atoms with van der Waals surface area (Å²) in [5.74, 6) is -0.332. The van der Waals surface area contributed by atoms with E-state index in [2.05, 4.69) is 0 Å². The summed E-state index contributed by atoms with van der Waals surface area (Å²) in [6.07, 6.45) is 1.68. The van der Waals surface area contributed by atoms with Crippen molar-refractivity contribution in [3.63, 3.8) is 0 Å². The number of sulfonamides is 1. The van der Waals surface area contributed by atoms with Crippen molar-refractivity contribution >= 4 is 21.6 Å². The van der Waals surface area contributed by atoms with Gasteiger partial charge in [0.05, 0.1) is 11.4 Å². The Bertz CT molecular complexity index is 866. The van der Waals surface area contributed by atoms with Crippen LogP contribution in [0.25, 0.3) is 0 Å². The Kier molecular flexibility index (Phi) is 5.61. The van der Waals surface area contributed by atoms with E-state index in [-0.39, 0.29) is 18.1 Å². The van der Waals surface area contributed by atoms with Gasteiger partial charge in [-0.3, -0.25) is 9.10 Å². The highest BCUT2D eigenvalue weighted by Crippen LogP contribution is 2.29. The van der Waals surface area contributed by atoms with Crippen molar-refractivity contribution in [3.8, 4) is 0 Å². The Morgan fingerprint density at radius 1 is 1.08 bits per heavy atom. The van der Waals surface area contributed by atoms with E-state index in [4.69, 9.17) is 0 Å². The lowest BCUT2D eigenvalue weighted by Crippen LogP contribution is -2.38. The Balaban J connectivity index is 1.63. The summed E-state index contributed by atoms with van der Waals surface area (Å²) in [6.45, 7) is 0.958. The van der Waals surface area contributed by atoms with Crippen molar-refractivity contribution in [2.45, 2.75) is 25.8 Å². The summed E-state index contributed by atoms with van der Waals surface area (Å²) < 4.78 is 27.0. The fourth-order valence-electron chi connectivity index (χ4n) is 3.25. The molecule has 0 unspecified atom stereocenters. The van der Waals surface area contributed by atoms with Crippen molar-refractivity contribution in [1.82, 2.24) is 4.90 Å². The highest BCUT2D eigenvalue weighted by molar-refractivity contribution is 7.92. The minimum Gasteiger partial charge on any atom is -0.341 e. The fourth-order valence-corrected chi connectivity index (χ4v) is 4.79. The number of anilines is 1. The first-order valence-corrected chi connectivity index (χ1v) is 10.4. The molecule has 0 saturated heterocycles. The lowest BCUT2D eigenvalue weighted by molar-refractivity contribution is -0.130. The van der Waals surface area contributed by atoms with Crippen LogP contribution in [0.2, 0.25) is 0 Å². The molecule has 5 nitrogen and oxygen atoms in total. The number of fused-ring (bicyclic) bond motifs is 1. The number of benzene rings is 2. The Morgan fingerprint density at radius 3 is 2.54 bits per heavy atom. The van der Waals surface area contributed by atoms with Gasteiger partial charge in [-0.05, 0) is 30.0 Å². The lowest BCUT2D eigenvalue weighted by atomic mass is 10.0. The van der Waals surface area contributed by atoms with Gasteiger partial charge in [-0.15, -0.1) is 0 Å². The number of aryl methyl sites for hydroxylation is 1. The molecule has 0 aromatic heterocycles. The number of hydrogen-bond donors (Lipinski definition) is 0. The minimum atomic E-state index is -3.51. The van der Waals surface area contributed by atoms with Crippen LogP contribution >= 0.6 is 0 Å². The first-order chi connectivity index (χ1) is 12.5. The van der Waals surface area contributed by atoms with E-state index in [9.17, 15) is 13.2 Å². The second-order valence-electron chi connectivity index (χ2n) is 6.61. The average molecular weight is 372 g/mol. The van der Waals surface area contributed by atoms with Crippen molar-refractivity contribution in [2.24, 2.45) is 0 Å². The molecule has 0 saturated carbocycles. The lowest BCUT2D eigenvalue weighted by Gasteiger charge is -2.30. The largest absolute Gasteiger partial charge is 0.341 e. The van der Waals surface area contributed by atoms with E-state index in [1.165, 1.54) is 4.31 Å². The summed E-state index contributed by atoms with van der Waals surface area (Å²) in [5.41, 5.74) is 2.83. The van der Waals surface area contributed by atoms with Crippen LogP contribution < -0.4 is 4.31 Å². The third-order valence-corrected chi connectivity index (χ3v) is 6.44. The third-order valence-electron chi connectivity index (χ3n) is 4.67. The maximum absolute atomic E-state index is 12.8. The third kappa shape index (κ3) is 4.25. The normalized spacial score (nSPS) is 14.0. The Hall–Kier alpha value is -2.34. The van der Waals surface area contributed by atoms with Gasteiger partial charge in [-0.25, -0.2) is 8.42 Å². The van der Waals surface area contributed by atoms with Gasteiger partial charge in [0, 0.05) is 26.6 Å². The number of carbonyl (C=O) groups is 1. The summed E-state index contributed by atoms with van der Waals surface area (Å²) in [4.78, 5) is 13.9. The molecule has 6 heteroatoms. The van der Waals surface area contributed by atoms with Gasteiger partial charge >= 0.3 is 0 Å². The van der Waals surface area contributed by atoms with Crippen LogP contribution in [0, 0.1) is 0 Å². The van der Waals surface area contributed by atoms with Crippen molar-refractivity contribution < 1.29 is 13.2 Å². The first kappa shape index (κ1) is 18.5. The molecular weight excluding hydrogens is 348 g/mol. The predicted molar refractivity (Wildman–Crippen MR) is 103 cm³/mol. The van der Waals surface area contributed by atoms with Gasteiger partial charge in [0.2, 0.25) is 15.9 Å². The van der Waals surface area contributed by atoms with E-state index in [0.717, 1.165) is 29.7 Å². The predicted octanol–water partition coefficient (Wildman–Crippen LogP) is 2.82. The molecular formula is C20H24N2O3S. The van der Waals surface area contributed by atoms with E-state index in [0.29, 0.717) is 13.1 Å². The van der Waals surface area contributed by atoms with Crippen LogP contribution in [0.4, 0.5) is 5.69 Å². The van der Waals surface area contributed by atoms with Gasteiger partial charge in [0.15, 0.2) is 0 Å². The Labute approximate surface area is 155 Å². The van der Waals surface area contributed by atoms with Gasteiger partial charge in [0.25, 0.3) is 0 Å². The van der Waals surface area contributed by atoms with E-state index in [1.807, 2.05) is 54.6 Å². The monoisotopic (exact) mass is 372 g/mol. The van der Waals surface area contributed by atoms with Crippen LogP contribution in [-0.2, 0) is 27.8 Å².